The third-order valence-corrected chi connectivity index (χ3v) is 3.78. The molecule has 19 heavy (non-hydrogen) atoms. The van der Waals surface area contributed by atoms with Crippen molar-refractivity contribution in [3.63, 3.8) is 0 Å². The standard InChI is InChI=1S/C17H26N2/c1-4-11-18-15(3)16-9-5-6-10-17(16)19-12-7-8-14(2)13-19/h5-6,8-10,15,18H,4,7,11-13H2,1-3H3. The molecule has 0 saturated heterocycles. The summed E-state index contributed by atoms with van der Waals surface area (Å²) in [4.78, 5) is 2.51. The van der Waals surface area contributed by atoms with Crippen molar-refractivity contribution in [1.29, 1.82) is 0 Å². The fourth-order valence-electron chi connectivity index (χ4n) is 2.73. The minimum Gasteiger partial charge on any atom is -0.367 e. The van der Waals surface area contributed by atoms with Crippen molar-refractivity contribution in [2.45, 2.75) is 39.7 Å². The second-order valence-electron chi connectivity index (χ2n) is 5.50. The number of rotatable bonds is 5. The molecule has 1 unspecified atom stereocenters. The Balaban J connectivity index is 2.18. The van der Waals surface area contributed by atoms with E-state index in [4.69, 9.17) is 0 Å². The van der Waals surface area contributed by atoms with Crippen molar-refractivity contribution in [2.24, 2.45) is 0 Å². The molecule has 0 aromatic heterocycles. The van der Waals surface area contributed by atoms with Gasteiger partial charge < -0.3 is 10.2 Å². The summed E-state index contributed by atoms with van der Waals surface area (Å²) < 4.78 is 0. The molecular weight excluding hydrogens is 232 g/mol. The molecule has 1 heterocycles. The maximum atomic E-state index is 3.60. The Kier molecular flexibility index (Phi) is 5.03. The maximum Gasteiger partial charge on any atom is 0.0417 e. The molecule has 2 heteroatoms. The summed E-state index contributed by atoms with van der Waals surface area (Å²) in [6, 6.07) is 9.24. The van der Waals surface area contributed by atoms with Crippen LogP contribution in [0.2, 0.25) is 0 Å². The van der Waals surface area contributed by atoms with Gasteiger partial charge in [0.25, 0.3) is 0 Å². The van der Waals surface area contributed by atoms with E-state index >= 15 is 0 Å². The molecule has 0 amide bonds. The lowest BCUT2D eigenvalue weighted by Crippen LogP contribution is -2.31. The molecule has 0 aliphatic carbocycles. The van der Waals surface area contributed by atoms with Gasteiger partial charge in [-0.15, -0.1) is 0 Å². The zero-order chi connectivity index (χ0) is 13.7. The number of benzene rings is 1. The van der Waals surface area contributed by atoms with Gasteiger partial charge in [-0.1, -0.05) is 36.8 Å². The zero-order valence-electron chi connectivity index (χ0n) is 12.4. The summed E-state index contributed by atoms with van der Waals surface area (Å²) in [7, 11) is 0. The Bertz CT molecular complexity index is 437. The lowest BCUT2D eigenvalue weighted by Gasteiger charge is -2.31. The van der Waals surface area contributed by atoms with Crippen LogP contribution >= 0.6 is 0 Å². The van der Waals surface area contributed by atoms with E-state index in [1.807, 2.05) is 0 Å². The van der Waals surface area contributed by atoms with Gasteiger partial charge in [-0.25, -0.2) is 0 Å². The molecule has 2 nitrogen and oxygen atoms in total. The number of para-hydroxylation sites is 1. The normalized spacial score (nSPS) is 17.2. The molecule has 1 aliphatic heterocycles. The molecule has 104 valence electrons. The molecule has 1 N–H and O–H groups in total. The third-order valence-electron chi connectivity index (χ3n) is 3.78. The summed E-state index contributed by atoms with van der Waals surface area (Å²) in [5, 5.41) is 3.60. The first-order valence-electron chi connectivity index (χ1n) is 7.45. The van der Waals surface area contributed by atoms with Crippen LogP contribution in [-0.2, 0) is 0 Å². The van der Waals surface area contributed by atoms with E-state index in [-0.39, 0.29) is 0 Å². The van der Waals surface area contributed by atoms with E-state index in [9.17, 15) is 0 Å². The van der Waals surface area contributed by atoms with Gasteiger partial charge in [0.05, 0.1) is 0 Å². The van der Waals surface area contributed by atoms with Crippen molar-refractivity contribution in [2.75, 3.05) is 24.5 Å². The highest BCUT2D eigenvalue weighted by atomic mass is 15.1. The highest BCUT2D eigenvalue weighted by molar-refractivity contribution is 5.56. The number of nitrogens with zero attached hydrogens (tertiary/aromatic N) is 1. The van der Waals surface area contributed by atoms with Crippen molar-refractivity contribution in [3.05, 3.63) is 41.5 Å². The Morgan fingerprint density at radius 1 is 1.32 bits per heavy atom. The van der Waals surface area contributed by atoms with Crippen LogP contribution in [0.25, 0.3) is 0 Å². The lowest BCUT2D eigenvalue weighted by molar-refractivity contribution is 0.569. The predicted molar refractivity (Wildman–Crippen MR) is 83.7 cm³/mol. The highest BCUT2D eigenvalue weighted by Crippen LogP contribution is 2.28. The van der Waals surface area contributed by atoms with E-state index in [1.165, 1.54) is 23.2 Å². The van der Waals surface area contributed by atoms with Crippen LogP contribution in [0.15, 0.2) is 35.9 Å². The van der Waals surface area contributed by atoms with Gasteiger partial charge in [0, 0.05) is 24.8 Å². The molecule has 1 aromatic rings. The molecule has 0 spiro atoms. The average molecular weight is 258 g/mol. The monoisotopic (exact) mass is 258 g/mol. The third kappa shape index (κ3) is 3.60. The van der Waals surface area contributed by atoms with Crippen molar-refractivity contribution in [1.82, 2.24) is 5.32 Å². The van der Waals surface area contributed by atoms with Gasteiger partial charge in [-0.3, -0.25) is 0 Å². The first-order chi connectivity index (χ1) is 9.22. The van der Waals surface area contributed by atoms with Gasteiger partial charge in [0.15, 0.2) is 0 Å². The summed E-state index contributed by atoms with van der Waals surface area (Å²) in [5.74, 6) is 0. The molecular formula is C17H26N2. The van der Waals surface area contributed by atoms with E-state index in [0.29, 0.717) is 6.04 Å². The summed E-state index contributed by atoms with van der Waals surface area (Å²) in [5.41, 5.74) is 4.30. The Hall–Kier alpha value is -1.28. The second-order valence-corrected chi connectivity index (χ2v) is 5.50. The van der Waals surface area contributed by atoms with Crippen LogP contribution in [0.3, 0.4) is 0 Å². The lowest BCUT2D eigenvalue weighted by atomic mass is 10.0. The van der Waals surface area contributed by atoms with Gasteiger partial charge in [0.1, 0.15) is 0 Å². The van der Waals surface area contributed by atoms with Crippen LogP contribution < -0.4 is 10.2 Å². The summed E-state index contributed by atoms with van der Waals surface area (Å²) >= 11 is 0. The van der Waals surface area contributed by atoms with Crippen LogP contribution in [0, 0.1) is 0 Å². The van der Waals surface area contributed by atoms with E-state index < -0.39 is 0 Å². The van der Waals surface area contributed by atoms with Crippen LogP contribution in [0.4, 0.5) is 5.69 Å². The minimum absolute atomic E-state index is 0.419. The van der Waals surface area contributed by atoms with Crippen molar-refractivity contribution in [3.8, 4) is 0 Å². The SMILES string of the molecule is CCCNC(C)c1ccccc1N1CCC=C(C)C1. The van der Waals surface area contributed by atoms with Crippen LogP contribution in [-0.4, -0.2) is 19.6 Å². The molecule has 0 radical (unpaired) electrons. The molecule has 0 saturated carbocycles. The highest BCUT2D eigenvalue weighted by Gasteiger charge is 2.16. The Labute approximate surface area is 117 Å². The Morgan fingerprint density at radius 2 is 2.11 bits per heavy atom. The maximum absolute atomic E-state index is 3.60. The van der Waals surface area contributed by atoms with Crippen LogP contribution in [0.5, 0.6) is 0 Å². The number of nitrogens with one attached hydrogen (secondary N) is 1. The predicted octanol–water partition coefficient (Wildman–Crippen LogP) is 3.90. The van der Waals surface area contributed by atoms with Gasteiger partial charge in [-0.05, 0) is 44.9 Å². The molecule has 1 aliphatic rings. The number of anilines is 1. The van der Waals surface area contributed by atoms with Crippen LogP contribution in [0.1, 0.15) is 45.2 Å². The fraction of sp³-hybridized carbons (Fsp3) is 0.529. The molecule has 1 aromatic carbocycles. The molecule has 0 bridgehead atoms. The molecule has 1 atom stereocenters. The Morgan fingerprint density at radius 3 is 2.84 bits per heavy atom. The quantitative estimate of drug-likeness (QED) is 0.806. The fourth-order valence-corrected chi connectivity index (χ4v) is 2.73. The van der Waals surface area contributed by atoms with Gasteiger partial charge in [0.2, 0.25) is 0 Å². The first-order valence-corrected chi connectivity index (χ1v) is 7.45. The first kappa shape index (κ1) is 14.1. The molecule has 0 fully saturated rings. The second kappa shape index (κ2) is 6.76. The topological polar surface area (TPSA) is 15.3 Å². The number of hydrogen-bond acceptors (Lipinski definition) is 2. The average Bonchev–Trinajstić information content (AvgIpc) is 2.45. The summed E-state index contributed by atoms with van der Waals surface area (Å²) in [6.07, 6.45) is 4.70. The van der Waals surface area contributed by atoms with Crippen molar-refractivity contribution < 1.29 is 0 Å². The van der Waals surface area contributed by atoms with Crippen molar-refractivity contribution >= 4 is 5.69 Å². The zero-order valence-corrected chi connectivity index (χ0v) is 12.4. The number of hydrogen-bond donors (Lipinski definition) is 1. The minimum atomic E-state index is 0.419. The smallest absolute Gasteiger partial charge is 0.0417 e. The van der Waals surface area contributed by atoms with E-state index in [2.05, 4.69) is 61.3 Å². The van der Waals surface area contributed by atoms with Gasteiger partial charge >= 0.3 is 0 Å². The largest absolute Gasteiger partial charge is 0.367 e. The summed E-state index contributed by atoms with van der Waals surface area (Å²) in [6.45, 7) is 9.99. The molecule has 2 rings (SSSR count). The van der Waals surface area contributed by atoms with E-state index in [0.717, 1.165) is 26.1 Å². The van der Waals surface area contributed by atoms with Gasteiger partial charge in [-0.2, -0.15) is 0 Å². The van der Waals surface area contributed by atoms with E-state index in [1.54, 1.807) is 0 Å².